The average molecular weight is 458 g/mol. The van der Waals surface area contributed by atoms with Gasteiger partial charge in [0, 0.05) is 36.9 Å². The quantitative estimate of drug-likeness (QED) is 0.448. The van der Waals surface area contributed by atoms with E-state index >= 15 is 0 Å². The van der Waals surface area contributed by atoms with Crippen LogP contribution in [0.4, 0.5) is 4.39 Å². The molecule has 3 heterocycles. The number of ether oxygens (including phenoxy) is 1. The molecule has 0 saturated carbocycles. The van der Waals surface area contributed by atoms with Gasteiger partial charge in [0.25, 0.3) is 5.91 Å². The van der Waals surface area contributed by atoms with Gasteiger partial charge in [-0.1, -0.05) is 23.2 Å². The SMILES string of the molecule is O=C(NCc1cnc(Oc2ccc(F)cc2)nc1)c1cccn1-c1ncc(Cl)cc1Cl. The second-order valence-corrected chi connectivity index (χ2v) is 7.18. The van der Waals surface area contributed by atoms with Gasteiger partial charge in [0.05, 0.1) is 10.0 Å². The third kappa shape index (κ3) is 4.99. The lowest BCUT2D eigenvalue weighted by Gasteiger charge is -2.11. The molecule has 1 N–H and O–H groups in total. The number of pyridine rings is 1. The van der Waals surface area contributed by atoms with Gasteiger partial charge in [-0.3, -0.25) is 9.36 Å². The number of rotatable bonds is 6. The van der Waals surface area contributed by atoms with Crippen molar-refractivity contribution in [2.75, 3.05) is 0 Å². The Hall–Kier alpha value is -3.49. The zero-order valence-corrected chi connectivity index (χ0v) is 17.3. The summed E-state index contributed by atoms with van der Waals surface area (Å²) in [6.45, 7) is 0.197. The van der Waals surface area contributed by atoms with Gasteiger partial charge in [-0.2, -0.15) is 0 Å². The van der Waals surface area contributed by atoms with Gasteiger partial charge in [0.15, 0.2) is 5.82 Å². The summed E-state index contributed by atoms with van der Waals surface area (Å²) >= 11 is 12.1. The maximum Gasteiger partial charge on any atom is 0.321 e. The number of aromatic nitrogens is 4. The molecule has 3 aromatic heterocycles. The molecule has 1 amide bonds. The fourth-order valence-electron chi connectivity index (χ4n) is 2.70. The first-order chi connectivity index (χ1) is 15.0. The Balaban J connectivity index is 1.40. The molecular weight excluding hydrogens is 444 g/mol. The van der Waals surface area contributed by atoms with E-state index in [1.165, 1.54) is 42.9 Å². The molecule has 4 rings (SSSR count). The number of hydrogen-bond donors (Lipinski definition) is 1. The van der Waals surface area contributed by atoms with Crippen LogP contribution in [0.2, 0.25) is 10.0 Å². The van der Waals surface area contributed by atoms with Crippen LogP contribution in [0.25, 0.3) is 5.82 Å². The highest BCUT2D eigenvalue weighted by Crippen LogP contribution is 2.23. The van der Waals surface area contributed by atoms with Crippen molar-refractivity contribution < 1.29 is 13.9 Å². The molecule has 7 nitrogen and oxygen atoms in total. The Morgan fingerprint density at radius 1 is 1.06 bits per heavy atom. The largest absolute Gasteiger partial charge is 0.424 e. The minimum atomic E-state index is -0.361. The predicted octanol–water partition coefficient (Wildman–Crippen LogP) is 4.83. The molecule has 4 aromatic rings. The highest BCUT2D eigenvalue weighted by atomic mass is 35.5. The summed E-state index contributed by atoms with van der Waals surface area (Å²) < 4.78 is 20.0. The molecule has 0 atom stereocenters. The van der Waals surface area contributed by atoms with Crippen molar-refractivity contribution in [1.82, 2.24) is 24.8 Å². The van der Waals surface area contributed by atoms with Crippen molar-refractivity contribution in [3.8, 4) is 17.6 Å². The van der Waals surface area contributed by atoms with Crippen molar-refractivity contribution in [3.63, 3.8) is 0 Å². The first-order valence-electron chi connectivity index (χ1n) is 9.01. The number of hydrogen-bond acceptors (Lipinski definition) is 5. The summed E-state index contributed by atoms with van der Waals surface area (Å²) in [6, 6.07) is 10.5. The van der Waals surface area contributed by atoms with Crippen LogP contribution in [0.1, 0.15) is 16.1 Å². The summed E-state index contributed by atoms with van der Waals surface area (Å²) in [4.78, 5) is 25.1. The summed E-state index contributed by atoms with van der Waals surface area (Å²) in [5, 5.41) is 3.52. The smallest absolute Gasteiger partial charge is 0.321 e. The van der Waals surface area contributed by atoms with Crippen molar-refractivity contribution in [1.29, 1.82) is 0 Å². The minimum Gasteiger partial charge on any atom is -0.424 e. The van der Waals surface area contributed by atoms with E-state index in [0.29, 0.717) is 32.9 Å². The van der Waals surface area contributed by atoms with Gasteiger partial charge in [-0.15, -0.1) is 0 Å². The van der Waals surface area contributed by atoms with E-state index < -0.39 is 0 Å². The molecule has 0 aliphatic carbocycles. The highest BCUT2D eigenvalue weighted by molar-refractivity contribution is 6.35. The predicted molar refractivity (Wildman–Crippen MR) is 113 cm³/mol. The van der Waals surface area contributed by atoms with Crippen molar-refractivity contribution in [2.24, 2.45) is 0 Å². The van der Waals surface area contributed by atoms with Crippen LogP contribution in [0, 0.1) is 5.82 Å². The van der Waals surface area contributed by atoms with Crippen LogP contribution in [0.3, 0.4) is 0 Å². The molecule has 0 radical (unpaired) electrons. The van der Waals surface area contributed by atoms with Gasteiger partial charge in [0.1, 0.15) is 17.3 Å². The number of benzene rings is 1. The highest BCUT2D eigenvalue weighted by Gasteiger charge is 2.15. The van der Waals surface area contributed by atoms with Crippen LogP contribution in [0.15, 0.2) is 67.3 Å². The third-order valence-corrected chi connectivity index (χ3v) is 4.64. The molecule has 0 aliphatic heterocycles. The summed E-state index contributed by atoms with van der Waals surface area (Å²) in [7, 11) is 0. The normalized spacial score (nSPS) is 10.7. The Morgan fingerprint density at radius 3 is 2.52 bits per heavy atom. The zero-order chi connectivity index (χ0) is 21.8. The van der Waals surface area contributed by atoms with E-state index in [-0.39, 0.29) is 24.3 Å². The number of nitrogens with one attached hydrogen (secondary N) is 1. The van der Waals surface area contributed by atoms with Gasteiger partial charge in [-0.25, -0.2) is 19.3 Å². The number of nitrogens with zero attached hydrogens (tertiary/aromatic N) is 4. The number of carbonyl (C=O) groups excluding carboxylic acids is 1. The van der Waals surface area contributed by atoms with E-state index in [2.05, 4.69) is 20.3 Å². The second kappa shape index (κ2) is 9.11. The van der Waals surface area contributed by atoms with Crippen LogP contribution in [-0.4, -0.2) is 25.4 Å². The molecule has 0 spiro atoms. The third-order valence-electron chi connectivity index (χ3n) is 4.16. The van der Waals surface area contributed by atoms with Gasteiger partial charge >= 0.3 is 6.01 Å². The summed E-state index contributed by atoms with van der Waals surface area (Å²) in [6.07, 6.45) is 6.20. The topological polar surface area (TPSA) is 81.9 Å². The molecule has 156 valence electrons. The standard InChI is InChI=1S/C21H14Cl2FN5O2/c22-14-8-17(23)19(25-12-14)29-7-1-2-18(29)20(30)26-9-13-10-27-21(28-11-13)31-16-5-3-15(24)4-6-16/h1-8,10-12H,9H2,(H,26,30). The lowest BCUT2D eigenvalue weighted by Crippen LogP contribution is -2.25. The molecule has 0 aliphatic rings. The van der Waals surface area contributed by atoms with Crippen LogP contribution < -0.4 is 10.1 Å². The summed E-state index contributed by atoms with van der Waals surface area (Å²) in [5.41, 5.74) is 1.02. The zero-order valence-electron chi connectivity index (χ0n) is 15.8. The molecule has 0 fully saturated rings. The number of halogens is 3. The molecule has 0 saturated heterocycles. The maximum absolute atomic E-state index is 12.9. The van der Waals surface area contributed by atoms with Crippen LogP contribution in [-0.2, 0) is 6.54 Å². The van der Waals surface area contributed by atoms with E-state index in [1.54, 1.807) is 29.0 Å². The van der Waals surface area contributed by atoms with Crippen LogP contribution in [0.5, 0.6) is 11.8 Å². The van der Waals surface area contributed by atoms with Gasteiger partial charge in [-0.05, 0) is 42.5 Å². The Bertz CT molecular complexity index is 1210. The Labute approximate surface area is 186 Å². The number of amides is 1. The van der Waals surface area contributed by atoms with Crippen molar-refractivity contribution in [2.45, 2.75) is 6.54 Å². The second-order valence-electron chi connectivity index (χ2n) is 6.33. The fourth-order valence-corrected chi connectivity index (χ4v) is 3.17. The first-order valence-corrected chi connectivity index (χ1v) is 9.76. The minimum absolute atomic E-state index is 0.110. The Morgan fingerprint density at radius 2 is 1.81 bits per heavy atom. The first kappa shape index (κ1) is 20.8. The van der Waals surface area contributed by atoms with Crippen molar-refractivity contribution >= 4 is 29.1 Å². The molecule has 0 bridgehead atoms. The number of carbonyl (C=O) groups is 1. The van der Waals surface area contributed by atoms with Crippen LogP contribution >= 0.6 is 23.2 Å². The monoisotopic (exact) mass is 457 g/mol. The van der Waals surface area contributed by atoms with E-state index in [9.17, 15) is 9.18 Å². The fraction of sp³-hybridized carbons (Fsp3) is 0.0476. The maximum atomic E-state index is 12.9. The van der Waals surface area contributed by atoms with E-state index in [4.69, 9.17) is 27.9 Å². The molecule has 31 heavy (non-hydrogen) atoms. The summed E-state index contributed by atoms with van der Waals surface area (Å²) in [5.74, 6) is 0.119. The lowest BCUT2D eigenvalue weighted by atomic mass is 10.3. The van der Waals surface area contributed by atoms with Crippen molar-refractivity contribution in [3.05, 3.63) is 94.4 Å². The molecule has 0 unspecified atom stereocenters. The van der Waals surface area contributed by atoms with Gasteiger partial charge in [0.2, 0.25) is 0 Å². The van der Waals surface area contributed by atoms with E-state index in [0.717, 1.165) is 0 Å². The van der Waals surface area contributed by atoms with Gasteiger partial charge < -0.3 is 10.1 Å². The average Bonchev–Trinajstić information content (AvgIpc) is 3.24. The molecule has 10 heteroatoms. The Kier molecular flexibility index (Phi) is 6.11. The van der Waals surface area contributed by atoms with E-state index in [1.807, 2.05) is 0 Å². The molecular formula is C21H14Cl2FN5O2. The lowest BCUT2D eigenvalue weighted by molar-refractivity contribution is 0.0944. The molecule has 1 aromatic carbocycles.